The molecule has 3 heterocycles. The molecule has 8 rings (SSSR count). The van der Waals surface area contributed by atoms with Gasteiger partial charge < -0.3 is 13.4 Å². The summed E-state index contributed by atoms with van der Waals surface area (Å²) in [4.78, 5) is 8.08. The molecule has 0 aliphatic rings. The molecule has 5 nitrogen and oxygen atoms in total. The third-order valence-corrected chi connectivity index (χ3v) is 7.86. The Morgan fingerprint density at radius 2 is 1.10 bits per heavy atom. The van der Waals surface area contributed by atoms with Gasteiger partial charge in [0.25, 0.3) is 0 Å². The fourth-order valence-corrected chi connectivity index (χ4v) is 5.83. The van der Waals surface area contributed by atoms with E-state index in [2.05, 4.69) is 119 Å². The normalized spacial score (nSPS) is 11.6. The molecule has 5 aromatic carbocycles. The van der Waals surface area contributed by atoms with Crippen molar-refractivity contribution in [2.45, 2.75) is 0 Å². The van der Waals surface area contributed by atoms with Crippen molar-refractivity contribution in [2.75, 3.05) is 0 Å². The number of rotatable bonds is 4. The van der Waals surface area contributed by atoms with E-state index in [-0.39, 0.29) is 0 Å². The first-order valence-electron chi connectivity index (χ1n) is 13.2. The Morgan fingerprint density at radius 3 is 1.73 bits per heavy atom. The van der Waals surface area contributed by atoms with Crippen LogP contribution in [0.15, 0.2) is 131 Å². The number of hydrogen-bond acceptors (Lipinski definition) is 4. The third kappa shape index (κ3) is 3.48. The molecule has 0 radical (unpaired) electrons. The molecule has 0 saturated carbocycles. The van der Waals surface area contributed by atoms with Gasteiger partial charge in [0, 0.05) is 34.5 Å². The standard InChI is InChI=1S/C35H23N3O2/c1-38-31-16-26(22-6-10-24(11-7-22)33-18-36-20-39-33)14-15-29(31)35-28-5-3-2-4-27(28)30(17-32(35)38)23-8-12-25(13-9-23)34-19-37-21-40-34/h2-21H,1H3. The summed E-state index contributed by atoms with van der Waals surface area (Å²) in [7, 11) is 2.16. The lowest BCUT2D eigenvalue weighted by Gasteiger charge is -2.10. The van der Waals surface area contributed by atoms with Crippen LogP contribution in [0.25, 0.3) is 77.5 Å². The third-order valence-electron chi connectivity index (χ3n) is 7.86. The van der Waals surface area contributed by atoms with Crippen LogP contribution in [0.5, 0.6) is 0 Å². The molecular weight excluding hydrogens is 494 g/mol. The number of fused-ring (bicyclic) bond motifs is 5. The molecule has 190 valence electrons. The molecule has 0 unspecified atom stereocenters. The molecule has 0 aliphatic carbocycles. The first-order valence-corrected chi connectivity index (χ1v) is 13.2. The maximum absolute atomic E-state index is 5.49. The molecule has 5 heteroatoms. The van der Waals surface area contributed by atoms with E-state index in [9.17, 15) is 0 Å². The van der Waals surface area contributed by atoms with Gasteiger partial charge in [0.05, 0.1) is 17.9 Å². The maximum Gasteiger partial charge on any atom is 0.181 e. The van der Waals surface area contributed by atoms with Gasteiger partial charge in [-0.15, -0.1) is 0 Å². The monoisotopic (exact) mass is 517 g/mol. The predicted molar refractivity (Wildman–Crippen MR) is 160 cm³/mol. The quantitative estimate of drug-likeness (QED) is 0.234. The van der Waals surface area contributed by atoms with Crippen molar-refractivity contribution in [3.05, 3.63) is 122 Å². The van der Waals surface area contributed by atoms with Gasteiger partial charge in [0.15, 0.2) is 24.3 Å². The van der Waals surface area contributed by atoms with Gasteiger partial charge in [0.1, 0.15) is 0 Å². The van der Waals surface area contributed by atoms with Crippen LogP contribution in [0.1, 0.15) is 0 Å². The zero-order chi connectivity index (χ0) is 26.6. The Balaban J connectivity index is 1.28. The zero-order valence-electron chi connectivity index (χ0n) is 21.7. The van der Waals surface area contributed by atoms with Crippen LogP contribution in [0, 0.1) is 0 Å². The van der Waals surface area contributed by atoms with Gasteiger partial charge in [0.2, 0.25) is 0 Å². The fraction of sp³-hybridized carbons (Fsp3) is 0.0286. The van der Waals surface area contributed by atoms with Gasteiger partial charge in [-0.05, 0) is 45.2 Å². The highest BCUT2D eigenvalue weighted by molar-refractivity contribution is 6.24. The summed E-state index contributed by atoms with van der Waals surface area (Å²) in [6, 6.07) is 34.7. The zero-order valence-corrected chi connectivity index (χ0v) is 21.7. The highest BCUT2D eigenvalue weighted by atomic mass is 16.3. The minimum absolute atomic E-state index is 0.768. The SMILES string of the molecule is Cn1c2cc(-c3ccc(-c4cnco4)cc3)ccc2c2c3ccccc3c(-c3ccc(-c4cnco4)cc3)cc21. The molecule has 0 fully saturated rings. The van der Waals surface area contributed by atoms with Crippen LogP contribution in [0.2, 0.25) is 0 Å². The molecule has 0 aliphatic heterocycles. The summed E-state index contributed by atoms with van der Waals surface area (Å²) in [5, 5.41) is 5.02. The topological polar surface area (TPSA) is 57.0 Å². The summed E-state index contributed by atoms with van der Waals surface area (Å²) >= 11 is 0. The van der Waals surface area contributed by atoms with Gasteiger partial charge in [-0.2, -0.15) is 0 Å². The Morgan fingerprint density at radius 1 is 0.525 bits per heavy atom. The summed E-state index contributed by atoms with van der Waals surface area (Å²) in [6.45, 7) is 0. The smallest absolute Gasteiger partial charge is 0.181 e. The van der Waals surface area contributed by atoms with E-state index in [0.29, 0.717) is 0 Å². The van der Waals surface area contributed by atoms with Crippen molar-refractivity contribution >= 4 is 32.6 Å². The van der Waals surface area contributed by atoms with Crippen LogP contribution < -0.4 is 0 Å². The molecule has 0 amide bonds. The minimum atomic E-state index is 0.768. The van der Waals surface area contributed by atoms with Crippen LogP contribution in [0.4, 0.5) is 0 Å². The van der Waals surface area contributed by atoms with Gasteiger partial charge >= 0.3 is 0 Å². The second kappa shape index (κ2) is 8.82. The summed E-state index contributed by atoms with van der Waals surface area (Å²) < 4.78 is 13.3. The van der Waals surface area contributed by atoms with Crippen molar-refractivity contribution in [3.63, 3.8) is 0 Å². The molecule has 3 aromatic heterocycles. The molecule has 0 saturated heterocycles. The lowest BCUT2D eigenvalue weighted by Crippen LogP contribution is -1.89. The highest BCUT2D eigenvalue weighted by Gasteiger charge is 2.16. The molecule has 0 atom stereocenters. The van der Waals surface area contributed by atoms with Crippen LogP contribution in [-0.4, -0.2) is 14.5 Å². The second-order valence-electron chi connectivity index (χ2n) is 10.0. The van der Waals surface area contributed by atoms with Crippen molar-refractivity contribution in [3.8, 4) is 44.9 Å². The first kappa shape index (κ1) is 22.6. The summed E-state index contributed by atoms with van der Waals surface area (Å²) in [5.41, 5.74) is 9.15. The van der Waals surface area contributed by atoms with E-state index in [0.717, 1.165) is 28.2 Å². The van der Waals surface area contributed by atoms with Crippen LogP contribution in [0.3, 0.4) is 0 Å². The largest absolute Gasteiger partial charge is 0.444 e. The van der Waals surface area contributed by atoms with E-state index >= 15 is 0 Å². The molecule has 8 aromatic rings. The molecular formula is C35H23N3O2. The Labute approximate surface area is 230 Å². The number of hydrogen-bond donors (Lipinski definition) is 0. The lowest BCUT2D eigenvalue weighted by molar-refractivity contribution is 0.571. The van der Waals surface area contributed by atoms with E-state index in [4.69, 9.17) is 8.83 Å². The number of nitrogens with zero attached hydrogens (tertiary/aromatic N) is 3. The van der Waals surface area contributed by atoms with Crippen molar-refractivity contribution in [1.29, 1.82) is 0 Å². The van der Waals surface area contributed by atoms with Crippen molar-refractivity contribution in [2.24, 2.45) is 7.05 Å². The summed E-state index contributed by atoms with van der Waals surface area (Å²) in [5.74, 6) is 1.54. The Kier molecular flexibility index (Phi) is 4.97. The lowest BCUT2D eigenvalue weighted by atomic mass is 9.94. The molecule has 0 spiro atoms. The highest BCUT2D eigenvalue weighted by Crippen LogP contribution is 2.41. The van der Waals surface area contributed by atoms with Gasteiger partial charge in [-0.3, -0.25) is 0 Å². The van der Waals surface area contributed by atoms with E-state index in [1.807, 2.05) is 0 Å². The van der Waals surface area contributed by atoms with Crippen molar-refractivity contribution in [1.82, 2.24) is 14.5 Å². The molecule has 0 bridgehead atoms. The van der Waals surface area contributed by atoms with Crippen LogP contribution >= 0.6 is 0 Å². The first-order chi connectivity index (χ1) is 19.7. The Hall–Kier alpha value is -5.42. The molecule has 0 N–H and O–H groups in total. The number of aromatic nitrogens is 3. The molecule has 40 heavy (non-hydrogen) atoms. The van der Waals surface area contributed by atoms with Crippen molar-refractivity contribution < 1.29 is 8.83 Å². The number of aryl methyl sites for hydroxylation is 1. The second-order valence-corrected chi connectivity index (χ2v) is 10.0. The van der Waals surface area contributed by atoms with E-state index < -0.39 is 0 Å². The predicted octanol–water partition coefficient (Wildman–Crippen LogP) is 9.13. The number of oxazole rings is 2. The summed E-state index contributed by atoms with van der Waals surface area (Å²) in [6.07, 6.45) is 6.40. The van der Waals surface area contributed by atoms with Gasteiger partial charge in [-0.1, -0.05) is 84.9 Å². The average Bonchev–Trinajstić information content (AvgIpc) is 3.79. The maximum atomic E-state index is 5.49. The van der Waals surface area contributed by atoms with Crippen LogP contribution in [-0.2, 0) is 7.05 Å². The fourth-order valence-electron chi connectivity index (χ4n) is 5.83. The minimum Gasteiger partial charge on any atom is -0.444 e. The number of benzene rings is 5. The van der Waals surface area contributed by atoms with E-state index in [1.165, 1.54) is 62.1 Å². The average molecular weight is 518 g/mol. The van der Waals surface area contributed by atoms with E-state index in [1.54, 1.807) is 12.4 Å². The Bertz CT molecular complexity index is 2140. The van der Waals surface area contributed by atoms with Gasteiger partial charge in [-0.25, -0.2) is 9.97 Å².